The van der Waals surface area contributed by atoms with Crippen molar-refractivity contribution in [3.63, 3.8) is 0 Å². The highest BCUT2D eigenvalue weighted by Crippen LogP contribution is 2.17. The molecule has 6 nitrogen and oxygen atoms in total. The number of likely N-dealkylation sites (N-methyl/N-ethyl adjacent to an activating group) is 1. The van der Waals surface area contributed by atoms with Crippen LogP contribution in [0.3, 0.4) is 0 Å². The zero-order valence-corrected chi connectivity index (χ0v) is 11.8. The zero-order valence-electron chi connectivity index (χ0n) is 11.8. The first-order valence-electron chi connectivity index (χ1n) is 6.51. The summed E-state index contributed by atoms with van der Waals surface area (Å²) in [6, 6.07) is 0. The molecule has 0 fully saturated rings. The summed E-state index contributed by atoms with van der Waals surface area (Å²) in [6.07, 6.45) is 4.52. The number of nitrogens with one attached hydrogen (secondary N) is 1. The molecule has 1 aromatic rings. The van der Waals surface area contributed by atoms with E-state index in [1.165, 1.54) is 18.6 Å². The number of carboxylic acid groups (broad SMARTS) is 1. The number of aromatic nitrogens is 2. The fraction of sp³-hybridized carbons (Fsp3) is 0.615. The Morgan fingerprint density at radius 3 is 2.58 bits per heavy atom. The first-order chi connectivity index (χ1) is 9.04. The van der Waals surface area contributed by atoms with E-state index >= 15 is 0 Å². The van der Waals surface area contributed by atoms with Gasteiger partial charge < -0.3 is 10.0 Å². The third kappa shape index (κ3) is 3.97. The maximum absolute atomic E-state index is 11.5. The van der Waals surface area contributed by atoms with Crippen molar-refractivity contribution in [2.45, 2.75) is 26.3 Å². The molecule has 0 aliphatic carbocycles. The first-order valence-corrected chi connectivity index (χ1v) is 6.51. The van der Waals surface area contributed by atoms with E-state index in [2.05, 4.69) is 34.0 Å². The second kappa shape index (κ2) is 7.16. The van der Waals surface area contributed by atoms with Crippen molar-refractivity contribution in [3.05, 3.63) is 24.3 Å². The molecule has 1 atom stereocenters. The summed E-state index contributed by atoms with van der Waals surface area (Å²) < 4.78 is 0. The van der Waals surface area contributed by atoms with Gasteiger partial charge in [0.1, 0.15) is 0 Å². The van der Waals surface area contributed by atoms with Gasteiger partial charge in [0.25, 0.3) is 0 Å². The number of aliphatic carboxylic acids is 1. The molecule has 2 N–H and O–H groups in total. The molecule has 6 heteroatoms. The molecule has 0 amide bonds. The summed E-state index contributed by atoms with van der Waals surface area (Å²) >= 11 is 0. The van der Waals surface area contributed by atoms with E-state index in [0.29, 0.717) is 12.2 Å². The minimum absolute atomic E-state index is 0.419. The van der Waals surface area contributed by atoms with Crippen LogP contribution in [0.15, 0.2) is 18.6 Å². The summed E-state index contributed by atoms with van der Waals surface area (Å²) in [4.78, 5) is 21.7. The van der Waals surface area contributed by atoms with Gasteiger partial charge in [0.15, 0.2) is 5.54 Å². The van der Waals surface area contributed by atoms with Crippen LogP contribution in [-0.4, -0.2) is 52.1 Å². The molecule has 1 aromatic heterocycles. The molecule has 0 aliphatic rings. The van der Waals surface area contributed by atoms with E-state index in [1.807, 2.05) is 0 Å². The van der Waals surface area contributed by atoms with Crippen molar-refractivity contribution in [2.75, 3.05) is 26.2 Å². The van der Waals surface area contributed by atoms with Crippen molar-refractivity contribution in [1.82, 2.24) is 20.2 Å². The average Bonchev–Trinajstić information content (AvgIpc) is 2.44. The molecule has 19 heavy (non-hydrogen) atoms. The highest BCUT2D eigenvalue weighted by atomic mass is 16.4. The number of nitrogens with zero attached hydrogens (tertiary/aromatic N) is 3. The lowest BCUT2D eigenvalue weighted by Crippen LogP contribution is -2.49. The predicted molar refractivity (Wildman–Crippen MR) is 72.8 cm³/mol. The van der Waals surface area contributed by atoms with Crippen LogP contribution in [0.5, 0.6) is 0 Å². The van der Waals surface area contributed by atoms with Crippen LogP contribution in [0.4, 0.5) is 0 Å². The van der Waals surface area contributed by atoms with Gasteiger partial charge in [-0.05, 0) is 20.0 Å². The van der Waals surface area contributed by atoms with Gasteiger partial charge in [0.2, 0.25) is 0 Å². The van der Waals surface area contributed by atoms with E-state index in [1.54, 1.807) is 6.92 Å². The van der Waals surface area contributed by atoms with Crippen molar-refractivity contribution in [1.29, 1.82) is 0 Å². The first kappa shape index (κ1) is 15.5. The highest BCUT2D eigenvalue weighted by molar-refractivity contribution is 5.79. The number of carboxylic acids is 1. The Morgan fingerprint density at radius 1 is 1.42 bits per heavy atom. The molecule has 0 aliphatic heterocycles. The SMILES string of the molecule is CCN(CC)CCNC(C)(C(=O)O)c1cnccn1. The number of rotatable bonds is 8. The Hall–Kier alpha value is -1.53. The zero-order chi connectivity index (χ0) is 14.3. The number of carbonyl (C=O) groups is 1. The molecule has 0 aromatic carbocycles. The van der Waals surface area contributed by atoms with Crippen LogP contribution >= 0.6 is 0 Å². The maximum Gasteiger partial charge on any atom is 0.329 e. The molecular weight excluding hydrogens is 244 g/mol. The van der Waals surface area contributed by atoms with Gasteiger partial charge in [-0.2, -0.15) is 0 Å². The smallest absolute Gasteiger partial charge is 0.329 e. The molecule has 106 valence electrons. The van der Waals surface area contributed by atoms with E-state index < -0.39 is 11.5 Å². The van der Waals surface area contributed by atoms with Crippen molar-refractivity contribution >= 4 is 5.97 Å². The van der Waals surface area contributed by atoms with Gasteiger partial charge >= 0.3 is 5.97 Å². The summed E-state index contributed by atoms with van der Waals surface area (Å²) in [7, 11) is 0. The summed E-state index contributed by atoms with van der Waals surface area (Å²) in [5.74, 6) is -0.951. The van der Waals surface area contributed by atoms with Crippen LogP contribution in [0.25, 0.3) is 0 Å². The Labute approximate surface area is 113 Å². The van der Waals surface area contributed by atoms with Gasteiger partial charge in [0, 0.05) is 25.5 Å². The van der Waals surface area contributed by atoms with Gasteiger partial charge in [-0.25, -0.2) is 4.79 Å². The Balaban J connectivity index is 2.71. The Morgan fingerprint density at radius 2 is 2.11 bits per heavy atom. The monoisotopic (exact) mass is 266 g/mol. The third-order valence-electron chi connectivity index (χ3n) is 3.30. The molecule has 0 saturated heterocycles. The van der Waals surface area contributed by atoms with Crippen molar-refractivity contribution in [3.8, 4) is 0 Å². The Kier molecular flexibility index (Phi) is 5.85. The van der Waals surface area contributed by atoms with Gasteiger partial charge in [-0.1, -0.05) is 13.8 Å². The molecule has 0 saturated carbocycles. The number of hydrogen-bond donors (Lipinski definition) is 2. The molecule has 1 rings (SSSR count). The molecule has 0 radical (unpaired) electrons. The van der Waals surface area contributed by atoms with E-state index in [4.69, 9.17) is 0 Å². The molecular formula is C13H22N4O2. The molecule has 1 unspecified atom stereocenters. The van der Waals surface area contributed by atoms with Crippen molar-refractivity contribution < 1.29 is 9.90 Å². The minimum atomic E-state index is -1.21. The topological polar surface area (TPSA) is 78.4 Å². The molecule has 1 heterocycles. The quantitative estimate of drug-likeness (QED) is 0.721. The largest absolute Gasteiger partial charge is 0.480 e. The fourth-order valence-electron chi connectivity index (χ4n) is 1.84. The average molecular weight is 266 g/mol. The number of hydrogen-bond acceptors (Lipinski definition) is 5. The molecule has 0 spiro atoms. The fourth-order valence-corrected chi connectivity index (χ4v) is 1.84. The normalized spacial score (nSPS) is 14.3. The van der Waals surface area contributed by atoms with E-state index in [9.17, 15) is 9.90 Å². The summed E-state index contributed by atoms with van der Waals surface area (Å²) in [5, 5.41) is 12.5. The van der Waals surface area contributed by atoms with Gasteiger partial charge in [-0.3, -0.25) is 15.3 Å². The van der Waals surface area contributed by atoms with Gasteiger partial charge in [0.05, 0.1) is 11.9 Å². The predicted octanol–water partition coefficient (Wildman–Crippen LogP) is 0.708. The lowest BCUT2D eigenvalue weighted by molar-refractivity contribution is -0.144. The maximum atomic E-state index is 11.5. The summed E-state index contributed by atoms with van der Waals surface area (Å²) in [6.45, 7) is 9.07. The van der Waals surface area contributed by atoms with Crippen LogP contribution in [0.1, 0.15) is 26.5 Å². The van der Waals surface area contributed by atoms with E-state index in [-0.39, 0.29) is 0 Å². The van der Waals surface area contributed by atoms with Crippen LogP contribution in [0.2, 0.25) is 0 Å². The Bertz CT molecular complexity index is 395. The van der Waals surface area contributed by atoms with Gasteiger partial charge in [-0.15, -0.1) is 0 Å². The van der Waals surface area contributed by atoms with Crippen LogP contribution < -0.4 is 5.32 Å². The minimum Gasteiger partial charge on any atom is -0.480 e. The molecule has 0 bridgehead atoms. The lowest BCUT2D eigenvalue weighted by Gasteiger charge is -2.27. The van der Waals surface area contributed by atoms with E-state index in [0.717, 1.165) is 19.6 Å². The highest BCUT2D eigenvalue weighted by Gasteiger charge is 2.36. The second-order valence-electron chi connectivity index (χ2n) is 4.47. The van der Waals surface area contributed by atoms with Crippen LogP contribution in [-0.2, 0) is 10.3 Å². The lowest BCUT2D eigenvalue weighted by atomic mass is 9.98. The second-order valence-corrected chi connectivity index (χ2v) is 4.47. The third-order valence-corrected chi connectivity index (χ3v) is 3.30. The standard InChI is InChI=1S/C13H22N4O2/c1-4-17(5-2)9-8-16-13(3,12(18)19)11-10-14-6-7-15-11/h6-7,10,16H,4-5,8-9H2,1-3H3,(H,18,19). The van der Waals surface area contributed by atoms with Crippen molar-refractivity contribution in [2.24, 2.45) is 0 Å². The van der Waals surface area contributed by atoms with Crippen LogP contribution in [0, 0.1) is 0 Å². The summed E-state index contributed by atoms with van der Waals surface area (Å²) in [5.41, 5.74) is -0.788.